The van der Waals surface area contributed by atoms with Crippen molar-refractivity contribution >= 4 is 11.7 Å². The summed E-state index contributed by atoms with van der Waals surface area (Å²) >= 11 is 0. The van der Waals surface area contributed by atoms with Crippen LogP contribution in [0.25, 0.3) is 0 Å². The largest absolute Gasteiger partial charge is 0.485 e. The number of carbonyl (C=O) groups is 1. The first-order valence-corrected chi connectivity index (χ1v) is 6.02. The van der Waals surface area contributed by atoms with Gasteiger partial charge in [-0.2, -0.15) is 0 Å². The summed E-state index contributed by atoms with van der Waals surface area (Å²) in [5.41, 5.74) is 6.66. The molecule has 0 aliphatic carbocycles. The highest BCUT2D eigenvalue weighted by Gasteiger charge is 2.22. The van der Waals surface area contributed by atoms with Gasteiger partial charge in [-0.3, -0.25) is 0 Å². The quantitative estimate of drug-likeness (QED) is 0.650. The van der Waals surface area contributed by atoms with Crippen molar-refractivity contribution in [2.24, 2.45) is 0 Å². The second kappa shape index (κ2) is 5.73. The van der Waals surface area contributed by atoms with Gasteiger partial charge in [0.1, 0.15) is 11.7 Å². The standard InChI is InChI=1S/C13H17NO4/c1-2-17-13(15)10-4-3-5-11(14)12(10)18-9-6-7-16-8-9/h3-5,9H,2,6-8,14H2,1H3. The molecule has 1 aliphatic rings. The van der Waals surface area contributed by atoms with Gasteiger partial charge in [0.25, 0.3) is 0 Å². The molecule has 2 rings (SSSR count). The predicted molar refractivity (Wildman–Crippen MR) is 66.7 cm³/mol. The maximum absolute atomic E-state index is 11.8. The summed E-state index contributed by atoms with van der Waals surface area (Å²) in [7, 11) is 0. The van der Waals surface area contributed by atoms with E-state index in [0.717, 1.165) is 6.42 Å². The minimum Gasteiger partial charge on any atom is -0.485 e. The van der Waals surface area contributed by atoms with E-state index in [1.165, 1.54) is 0 Å². The number of rotatable bonds is 4. The number of nitrogens with two attached hydrogens (primary N) is 1. The van der Waals surface area contributed by atoms with Crippen molar-refractivity contribution in [2.45, 2.75) is 19.4 Å². The van der Waals surface area contributed by atoms with Crippen LogP contribution in [0.4, 0.5) is 5.69 Å². The number of hydrogen-bond donors (Lipinski definition) is 1. The lowest BCUT2D eigenvalue weighted by molar-refractivity contribution is 0.0518. The lowest BCUT2D eigenvalue weighted by Gasteiger charge is -2.16. The Labute approximate surface area is 106 Å². The predicted octanol–water partition coefficient (Wildman–Crippen LogP) is 1.61. The third kappa shape index (κ3) is 2.73. The second-order valence-corrected chi connectivity index (χ2v) is 4.05. The van der Waals surface area contributed by atoms with Crippen molar-refractivity contribution in [3.8, 4) is 5.75 Å². The summed E-state index contributed by atoms with van der Waals surface area (Å²) in [6.07, 6.45) is 0.749. The van der Waals surface area contributed by atoms with E-state index in [1.807, 2.05) is 0 Å². The Hall–Kier alpha value is -1.75. The molecule has 18 heavy (non-hydrogen) atoms. The Morgan fingerprint density at radius 1 is 1.56 bits per heavy atom. The maximum atomic E-state index is 11.8. The number of carbonyl (C=O) groups excluding carboxylic acids is 1. The number of anilines is 1. The molecule has 5 nitrogen and oxygen atoms in total. The van der Waals surface area contributed by atoms with Gasteiger partial charge in [0.2, 0.25) is 0 Å². The van der Waals surface area contributed by atoms with Crippen molar-refractivity contribution < 1.29 is 19.0 Å². The smallest absolute Gasteiger partial charge is 0.341 e. The minimum atomic E-state index is -0.418. The Morgan fingerprint density at radius 2 is 2.39 bits per heavy atom. The summed E-state index contributed by atoms with van der Waals surface area (Å²) in [6, 6.07) is 5.06. The molecule has 1 saturated heterocycles. The molecular weight excluding hydrogens is 234 g/mol. The molecule has 0 radical (unpaired) electrons. The summed E-state index contributed by atoms with van der Waals surface area (Å²) in [4.78, 5) is 11.8. The number of para-hydroxylation sites is 1. The van der Waals surface area contributed by atoms with Crippen LogP contribution >= 0.6 is 0 Å². The first-order chi connectivity index (χ1) is 8.72. The first kappa shape index (κ1) is 12.7. The van der Waals surface area contributed by atoms with E-state index < -0.39 is 5.97 Å². The molecule has 1 unspecified atom stereocenters. The number of esters is 1. The zero-order valence-corrected chi connectivity index (χ0v) is 10.3. The Bertz CT molecular complexity index is 427. The Kier molecular flexibility index (Phi) is 4.04. The lowest BCUT2D eigenvalue weighted by Crippen LogP contribution is -2.19. The van der Waals surface area contributed by atoms with E-state index in [9.17, 15) is 4.79 Å². The zero-order chi connectivity index (χ0) is 13.0. The Balaban J connectivity index is 2.22. The van der Waals surface area contributed by atoms with Crippen LogP contribution in [-0.2, 0) is 9.47 Å². The third-order valence-corrected chi connectivity index (χ3v) is 2.71. The average Bonchev–Trinajstić information content (AvgIpc) is 2.85. The molecule has 1 fully saturated rings. The molecular formula is C13H17NO4. The van der Waals surface area contributed by atoms with Crippen molar-refractivity contribution in [1.82, 2.24) is 0 Å². The summed E-state index contributed by atoms with van der Waals surface area (Å²) in [5, 5.41) is 0. The fraction of sp³-hybridized carbons (Fsp3) is 0.462. The fourth-order valence-electron chi connectivity index (χ4n) is 1.83. The molecule has 0 spiro atoms. The van der Waals surface area contributed by atoms with E-state index in [2.05, 4.69) is 0 Å². The van der Waals surface area contributed by atoms with Crippen LogP contribution in [0.1, 0.15) is 23.7 Å². The highest BCUT2D eigenvalue weighted by molar-refractivity contribution is 5.94. The summed E-state index contributed by atoms with van der Waals surface area (Å²) in [6.45, 7) is 3.28. The molecule has 2 N–H and O–H groups in total. The Morgan fingerprint density at radius 3 is 3.06 bits per heavy atom. The van der Waals surface area contributed by atoms with Gasteiger partial charge in [-0.15, -0.1) is 0 Å². The monoisotopic (exact) mass is 251 g/mol. The number of ether oxygens (including phenoxy) is 3. The average molecular weight is 251 g/mol. The fourth-order valence-corrected chi connectivity index (χ4v) is 1.83. The van der Waals surface area contributed by atoms with Crippen LogP contribution < -0.4 is 10.5 Å². The highest BCUT2D eigenvalue weighted by Crippen LogP contribution is 2.29. The molecule has 0 amide bonds. The van der Waals surface area contributed by atoms with Crippen molar-refractivity contribution in [3.05, 3.63) is 23.8 Å². The number of benzene rings is 1. The van der Waals surface area contributed by atoms with Gasteiger partial charge in [-0.05, 0) is 19.1 Å². The molecule has 0 saturated carbocycles. The van der Waals surface area contributed by atoms with Gasteiger partial charge < -0.3 is 19.9 Å². The zero-order valence-electron chi connectivity index (χ0n) is 10.3. The summed E-state index contributed by atoms with van der Waals surface area (Å²) in [5.74, 6) is -0.0230. The van der Waals surface area contributed by atoms with E-state index in [1.54, 1.807) is 25.1 Å². The van der Waals surface area contributed by atoms with Gasteiger partial charge in [0.15, 0.2) is 5.75 Å². The molecule has 1 aromatic rings. The van der Waals surface area contributed by atoms with Gasteiger partial charge in [0.05, 0.1) is 25.5 Å². The van der Waals surface area contributed by atoms with Crippen molar-refractivity contribution in [3.63, 3.8) is 0 Å². The molecule has 5 heteroatoms. The van der Waals surface area contributed by atoms with E-state index in [4.69, 9.17) is 19.9 Å². The molecule has 1 atom stereocenters. The van der Waals surface area contributed by atoms with Crippen LogP contribution in [0.2, 0.25) is 0 Å². The maximum Gasteiger partial charge on any atom is 0.341 e. The third-order valence-electron chi connectivity index (χ3n) is 2.71. The molecule has 0 aromatic heterocycles. The number of nitrogen functional groups attached to an aromatic ring is 1. The van der Waals surface area contributed by atoms with E-state index in [0.29, 0.717) is 36.8 Å². The van der Waals surface area contributed by atoms with Gasteiger partial charge >= 0.3 is 5.97 Å². The van der Waals surface area contributed by atoms with E-state index >= 15 is 0 Å². The lowest BCUT2D eigenvalue weighted by atomic mass is 10.1. The SMILES string of the molecule is CCOC(=O)c1cccc(N)c1OC1CCOC1. The molecule has 1 heterocycles. The van der Waals surface area contributed by atoms with Crippen LogP contribution in [0.3, 0.4) is 0 Å². The normalized spacial score (nSPS) is 18.6. The van der Waals surface area contributed by atoms with E-state index in [-0.39, 0.29) is 6.10 Å². The van der Waals surface area contributed by atoms with Crippen molar-refractivity contribution in [2.75, 3.05) is 25.6 Å². The van der Waals surface area contributed by atoms with Gasteiger partial charge in [0, 0.05) is 6.42 Å². The summed E-state index contributed by atoms with van der Waals surface area (Å²) < 4.78 is 16.0. The number of hydrogen-bond acceptors (Lipinski definition) is 5. The van der Waals surface area contributed by atoms with Crippen molar-refractivity contribution in [1.29, 1.82) is 0 Å². The van der Waals surface area contributed by atoms with Gasteiger partial charge in [-0.1, -0.05) is 6.07 Å². The van der Waals surface area contributed by atoms with Crippen LogP contribution in [0, 0.1) is 0 Å². The minimum absolute atomic E-state index is 0.0529. The topological polar surface area (TPSA) is 70.8 Å². The van der Waals surface area contributed by atoms with Crippen LogP contribution in [0.15, 0.2) is 18.2 Å². The van der Waals surface area contributed by atoms with Crippen LogP contribution in [-0.4, -0.2) is 31.9 Å². The highest BCUT2D eigenvalue weighted by atomic mass is 16.6. The molecule has 1 aromatic carbocycles. The first-order valence-electron chi connectivity index (χ1n) is 6.02. The molecule has 98 valence electrons. The van der Waals surface area contributed by atoms with Gasteiger partial charge in [-0.25, -0.2) is 4.79 Å². The molecule has 1 aliphatic heterocycles. The van der Waals surface area contributed by atoms with Crippen LogP contribution in [0.5, 0.6) is 5.75 Å². The molecule has 0 bridgehead atoms. The second-order valence-electron chi connectivity index (χ2n) is 4.05.